The van der Waals surface area contributed by atoms with Crippen molar-refractivity contribution in [1.29, 1.82) is 0 Å². The highest BCUT2D eigenvalue weighted by molar-refractivity contribution is 5.98. The lowest BCUT2D eigenvalue weighted by atomic mass is 9.91. The van der Waals surface area contributed by atoms with E-state index in [1.165, 1.54) is 5.56 Å². The van der Waals surface area contributed by atoms with Gasteiger partial charge in [0, 0.05) is 55.5 Å². The number of aromatic nitrogens is 2. The van der Waals surface area contributed by atoms with Crippen LogP contribution in [-0.2, 0) is 12.8 Å². The molecule has 128 valence electrons. The summed E-state index contributed by atoms with van der Waals surface area (Å²) in [6.07, 6.45) is 6.13. The van der Waals surface area contributed by atoms with E-state index in [4.69, 9.17) is 4.42 Å². The van der Waals surface area contributed by atoms with Crippen LogP contribution in [0.15, 0.2) is 41.1 Å². The van der Waals surface area contributed by atoms with Gasteiger partial charge < -0.3 is 14.6 Å². The molecule has 4 rings (SSSR count). The van der Waals surface area contributed by atoms with Gasteiger partial charge in [-0.2, -0.15) is 0 Å². The van der Waals surface area contributed by atoms with E-state index in [1.807, 2.05) is 18.2 Å². The molecule has 6 nitrogen and oxygen atoms in total. The Morgan fingerprint density at radius 2 is 2.08 bits per heavy atom. The van der Waals surface area contributed by atoms with Gasteiger partial charge in [-0.3, -0.25) is 4.79 Å². The van der Waals surface area contributed by atoms with Gasteiger partial charge in [-0.05, 0) is 37.1 Å². The van der Waals surface area contributed by atoms with E-state index in [-0.39, 0.29) is 11.9 Å². The summed E-state index contributed by atoms with van der Waals surface area (Å²) in [4.78, 5) is 22.3. The first-order chi connectivity index (χ1) is 12.1. The number of carbonyl (C=O) groups is 1. The minimum absolute atomic E-state index is 0.0000185. The Labute approximate surface area is 145 Å². The smallest absolute Gasteiger partial charge is 0.253 e. The quantitative estimate of drug-likeness (QED) is 0.796. The molecule has 1 unspecified atom stereocenters. The lowest BCUT2D eigenvalue weighted by molar-refractivity contribution is 0.0828. The Morgan fingerprint density at radius 3 is 2.84 bits per heavy atom. The molecule has 1 aliphatic carbocycles. The predicted molar refractivity (Wildman–Crippen MR) is 95.7 cm³/mol. The third-order valence-electron chi connectivity index (χ3n) is 4.60. The maximum Gasteiger partial charge on any atom is 0.253 e. The number of hydrogen-bond donors (Lipinski definition) is 1. The Balaban J connectivity index is 1.64. The monoisotopic (exact) mass is 336 g/mol. The van der Waals surface area contributed by atoms with Crippen molar-refractivity contribution in [2.75, 3.05) is 19.4 Å². The van der Waals surface area contributed by atoms with E-state index in [9.17, 15) is 4.79 Å². The molecule has 0 saturated heterocycles. The van der Waals surface area contributed by atoms with Gasteiger partial charge in [-0.25, -0.2) is 9.97 Å². The number of nitrogens with one attached hydrogen (secondary N) is 1. The maximum atomic E-state index is 12.3. The number of rotatable bonds is 3. The number of hydrogen-bond acceptors (Lipinski definition) is 5. The van der Waals surface area contributed by atoms with Gasteiger partial charge in [0.25, 0.3) is 5.91 Å². The summed E-state index contributed by atoms with van der Waals surface area (Å²) in [6.45, 7) is 0. The Bertz CT molecular complexity index is 918. The van der Waals surface area contributed by atoms with Gasteiger partial charge in [0.2, 0.25) is 5.95 Å². The fraction of sp³-hybridized carbons (Fsp3) is 0.316. The Morgan fingerprint density at radius 1 is 1.28 bits per heavy atom. The van der Waals surface area contributed by atoms with Crippen LogP contribution >= 0.6 is 0 Å². The van der Waals surface area contributed by atoms with Crippen molar-refractivity contribution in [3.05, 3.63) is 53.5 Å². The first kappa shape index (κ1) is 15.6. The molecule has 1 amide bonds. The third kappa shape index (κ3) is 2.95. The molecule has 1 N–H and O–H groups in total. The molecule has 2 heterocycles. The van der Waals surface area contributed by atoms with Gasteiger partial charge in [0.15, 0.2) is 0 Å². The number of carbonyl (C=O) groups excluding carboxylic acids is 1. The summed E-state index contributed by atoms with van der Waals surface area (Å²) < 4.78 is 6.00. The van der Waals surface area contributed by atoms with E-state index in [2.05, 4.69) is 15.3 Å². The summed E-state index contributed by atoms with van der Waals surface area (Å²) in [7, 11) is 3.52. The van der Waals surface area contributed by atoms with Crippen LogP contribution in [0.5, 0.6) is 0 Å². The highest BCUT2D eigenvalue weighted by Gasteiger charge is 2.25. The second-order valence-corrected chi connectivity index (χ2v) is 6.57. The van der Waals surface area contributed by atoms with Gasteiger partial charge in [0.1, 0.15) is 11.3 Å². The molecule has 6 heteroatoms. The number of amides is 1. The lowest BCUT2D eigenvalue weighted by Gasteiger charge is -2.22. The number of nitrogens with zero attached hydrogens (tertiary/aromatic N) is 3. The molecule has 0 fully saturated rings. The standard InChI is InChI=1S/C19H20N4O2/c1-23(2)18(24)12-4-6-16-14(10-12)15-11-13(5-7-17(15)25-16)22-19-20-8-3-9-21-19/h3-4,6,8-10,13H,5,7,11H2,1-2H3,(H,20,21,22). The molecule has 0 radical (unpaired) electrons. The zero-order valence-corrected chi connectivity index (χ0v) is 14.3. The molecule has 25 heavy (non-hydrogen) atoms. The average molecular weight is 336 g/mol. The number of fused-ring (bicyclic) bond motifs is 3. The maximum absolute atomic E-state index is 12.3. The van der Waals surface area contributed by atoms with E-state index in [0.717, 1.165) is 36.0 Å². The van der Waals surface area contributed by atoms with Crippen molar-refractivity contribution in [2.45, 2.75) is 25.3 Å². The van der Waals surface area contributed by atoms with E-state index >= 15 is 0 Å². The van der Waals surface area contributed by atoms with Crippen LogP contribution in [0.25, 0.3) is 11.0 Å². The molecular weight excluding hydrogens is 316 g/mol. The summed E-state index contributed by atoms with van der Waals surface area (Å²) >= 11 is 0. The van der Waals surface area contributed by atoms with E-state index < -0.39 is 0 Å². The fourth-order valence-electron chi connectivity index (χ4n) is 3.35. The minimum atomic E-state index is 0.0000185. The normalized spacial score (nSPS) is 16.5. The summed E-state index contributed by atoms with van der Waals surface area (Å²) in [5, 5.41) is 4.42. The number of furan rings is 1. The predicted octanol–water partition coefficient (Wildman–Crippen LogP) is 2.89. The molecule has 3 aromatic rings. The zero-order valence-electron chi connectivity index (χ0n) is 14.3. The van der Waals surface area contributed by atoms with Crippen molar-refractivity contribution >= 4 is 22.8 Å². The van der Waals surface area contributed by atoms with Crippen LogP contribution < -0.4 is 5.32 Å². The van der Waals surface area contributed by atoms with Crippen LogP contribution in [-0.4, -0.2) is 40.9 Å². The van der Waals surface area contributed by atoms with Gasteiger partial charge in [-0.15, -0.1) is 0 Å². The van der Waals surface area contributed by atoms with Crippen LogP contribution in [0.2, 0.25) is 0 Å². The molecule has 0 aliphatic heterocycles. The largest absolute Gasteiger partial charge is 0.461 e. The van der Waals surface area contributed by atoms with Gasteiger partial charge in [-0.1, -0.05) is 0 Å². The van der Waals surface area contributed by atoms with Crippen molar-refractivity contribution in [2.24, 2.45) is 0 Å². The van der Waals surface area contributed by atoms with Crippen molar-refractivity contribution in [3.8, 4) is 0 Å². The first-order valence-electron chi connectivity index (χ1n) is 8.41. The number of anilines is 1. The van der Waals surface area contributed by atoms with Crippen LogP contribution in [0.1, 0.15) is 28.1 Å². The summed E-state index contributed by atoms with van der Waals surface area (Å²) in [6, 6.07) is 7.72. The van der Waals surface area contributed by atoms with Gasteiger partial charge in [0.05, 0.1) is 0 Å². The summed E-state index contributed by atoms with van der Waals surface area (Å²) in [5.41, 5.74) is 2.71. The molecular formula is C19H20N4O2. The number of benzene rings is 1. The highest BCUT2D eigenvalue weighted by atomic mass is 16.3. The van der Waals surface area contributed by atoms with Crippen molar-refractivity contribution < 1.29 is 9.21 Å². The molecule has 2 aromatic heterocycles. The molecule has 0 spiro atoms. The molecule has 1 aromatic carbocycles. The second-order valence-electron chi connectivity index (χ2n) is 6.57. The van der Waals surface area contributed by atoms with Crippen LogP contribution in [0, 0.1) is 0 Å². The molecule has 0 saturated carbocycles. The summed E-state index contributed by atoms with van der Waals surface area (Å²) in [5.74, 6) is 1.67. The fourth-order valence-corrected chi connectivity index (χ4v) is 3.35. The lowest BCUT2D eigenvalue weighted by Crippen LogP contribution is -2.27. The van der Waals surface area contributed by atoms with E-state index in [1.54, 1.807) is 37.5 Å². The van der Waals surface area contributed by atoms with Crippen LogP contribution in [0.4, 0.5) is 5.95 Å². The number of aryl methyl sites for hydroxylation is 1. The van der Waals surface area contributed by atoms with E-state index in [0.29, 0.717) is 11.5 Å². The first-order valence-corrected chi connectivity index (χ1v) is 8.41. The average Bonchev–Trinajstić information content (AvgIpc) is 2.99. The minimum Gasteiger partial charge on any atom is -0.461 e. The van der Waals surface area contributed by atoms with Gasteiger partial charge >= 0.3 is 0 Å². The Kier molecular flexibility index (Phi) is 3.87. The highest BCUT2D eigenvalue weighted by Crippen LogP contribution is 2.33. The van der Waals surface area contributed by atoms with Crippen molar-refractivity contribution in [1.82, 2.24) is 14.9 Å². The SMILES string of the molecule is CN(C)C(=O)c1ccc2oc3c(c2c1)CC(Nc1ncccn1)CC3. The van der Waals surface area contributed by atoms with Crippen LogP contribution in [0.3, 0.4) is 0 Å². The third-order valence-corrected chi connectivity index (χ3v) is 4.60. The molecule has 1 aliphatic rings. The molecule has 1 atom stereocenters. The second kappa shape index (κ2) is 6.20. The molecule has 0 bridgehead atoms. The topological polar surface area (TPSA) is 71.3 Å². The zero-order chi connectivity index (χ0) is 17.4. The van der Waals surface area contributed by atoms with Crippen molar-refractivity contribution in [3.63, 3.8) is 0 Å². The Hall–Kier alpha value is -2.89.